The first-order valence-corrected chi connectivity index (χ1v) is 3.11. The molecule has 0 saturated carbocycles. The van der Waals surface area contributed by atoms with Gasteiger partial charge in [0.1, 0.15) is 12.5 Å². The number of carboxylic acids is 1. The highest BCUT2D eigenvalue weighted by Gasteiger charge is 2.40. The topological polar surface area (TPSA) is 74.7 Å². The maximum Gasteiger partial charge on any atom is 0.326 e. The number of likely N-dealkylation sites (tertiary alicyclic amines) is 1. The number of rotatable bonds is 2. The van der Waals surface area contributed by atoms with Crippen molar-refractivity contribution in [1.29, 1.82) is 0 Å². The van der Waals surface area contributed by atoms with Gasteiger partial charge in [-0.05, 0) is 6.92 Å². The molecule has 0 aromatic heterocycles. The minimum Gasteiger partial charge on any atom is -0.480 e. The van der Waals surface area contributed by atoms with Crippen molar-refractivity contribution in [2.75, 3.05) is 0 Å². The van der Waals surface area contributed by atoms with Gasteiger partial charge in [0.05, 0.1) is 0 Å². The van der Waals surface area contributed by atoms with Crippen molar-refractivity contribution in [3.8, 4) is 0 Å². The van der Waals surface area contributed by atoms with Crippen LogP contribution in [-0.4, -0.2) is 33.8 Å². The van der Waals surface area contributed by atoms with Crippen LogP contribution in [0.4, 0.5) is 0 Å². The van der Waals surface area contributed by atoms with Crippen LogP contribution in [0.5, 0.6) is 0 Å². The van der Waals surface area contributed by atoms with Gasteiger partial charge >= 0.3 is 5.97 Å². The van der Waals surface area contributed by atoms with Crippen LogP contribution in [0.15, 0.2) is 0 Å². The average Bonchev–Trinajstić information content (AvgIpc) is 1.86. The number of aliphatic carboxylic acids is 1. The third kappa shape index (κ3) is 1.09. The van der Waals surface area contributed by atoms with Crippen molar-refractivity contribution in [2.45, 2.75) is 19.4 Å². The molecular formula is C6H7NO4. The van der Waals surface area contributed by atoms with Crippen LogP contribution < -0.4 is 0 Å². The van der Waals surface area contributed by atoms with Crippen molar-refractivity contribution >= 4 is 17.8 Å². The molecule has 1 N–H and O–H groups in total. The molecule has 0 aromatic carbocycles. The van der Waals surface area contributed by atoms with Crippen molar-refractivity contribution in [1.82, 2.24) is 4.90 Å². The molecule has 1 rings (SSSR count). The van der Waals surface area contributed by atoms with E-state index in [0.29, 0.717) is 0 Å². The molecule has 5 nitrogen and oxygen atoms in total. The van der Waals surface area contributed by atoms with Gasteiger partial charge in [0.15, 0.2) is 0 Å². The van der Waals surface area contributed by atoms with Gasteiger partial charge in [-0.3, -0.25) is 14.5 Å². The standard InChI is InChI=1S/C6H7NO4/c1-3(6(10)11)7-4(8)2-5(7)9/h3H,2H2,1H3,(H,10,11). The largest absolute Gasteiger partial charge is 0.480 e. The van der Waals surface area contributed by atoms with E-state index >= 15 is 0 Å². The van der Waals surface area contributed by atoms with Crippen molar-refractivity contribution in [2.24, 2.45) is 0 Å². The zero-order chi connectivity index (χ0) is 8.59. The molecule has 5 heteroatoms. The third-order valence-electron chi connectivity index (χ3n) is 1.58. The monoisotopic (exact) mass is 157 g/mol. The van der Waals surface area contributed by atoms with Gasteiger partial charge in [-0.25, -0.2) is 4.79 Å². The van der Waals surface area contributed by atoms with E-state index in [1.54, 1.807) is 0 Å². The molecule has 1 aliphatic rings. The number of β-lactam (4-membered cyclic amide) rings is 2. The molecule has 0 bridgehead atoms. The third-order valence-corrected chi connectivity index (χ3v) is 1.58. The van der Waals surface area contributed by atoms with Crippen LogP contribution in [-0.2, 0) is 14.4 Å². The first kappa shape index (κ1) is 7.71. The number of hydrogen-bond donors (Lipinski definition) is 1. The lowest BCUT2D eigenvalue weighted by Crippen LogP contribution is -2.55. The Labute approximate surface area is 62.6 Å². The number of carboxylic acid groups (broad SMARTS) is 1. The van der Waals surface area contributed by atoms with E-state index in [-0.39, 0.29) is 6.42 Å². The van der Waals surface area contributed by atoms with Gasteiger partial charge in [-0.1, -0.05) is 0 Å². The van der Waals surface area contributed by atoms with E-state index in [4.69, 9.17) is 5.11 Å². The van der Waals surface area contributed by atoms with E-state index in [9.17, 15) is 14.4 Å². The lowest BCUT2D eigenvalue weighted by Gasteiger charge is -2.31. The van der Waals surface area contributed by atoms with Gasteiger partial charge in [0.2, 0.25) is 11.8 Å². The minimum absolute atomic E-state index is 0.155. The van der Waals surface area contributed by atoms with Gasteiger partial charge < -0.3 is 5.11 Å². The molecule has 1 heterocycles. The SMILES string of the molecule is CC(C(=O)O)N1C(=O)CC1=O. The summed E-state index contributed by atoms with van der Waals surface area (Å²) in [5, 5.41) is 8.41. The molecule has 0 spiro atoms. The first-order chi connectivity index (χ1) is 5.04. The number of nitrogens with zero attached hydrogens (tertiary/aromatic N) is 1. The van der Waals surface area contributed by atoms with Gasteiger partial charge in [0, 0.05) is 0 Å². The summed E-state index contributed by atoms with van der Waals surface area (Å²) in [7, 11) is 0. The normalized spacial score (nSPS) is 19.5. The number of carbonyl (C=O) groups excluding carboxylic acids is 2. The molecule has 1 saturated heterocycles. The van der Waals surface area contributed by atoms with Crippen LogP contribution in [0, 0.1) is 0 Å². The van der Waals surface area contributed by atoms with E-state index < -0.39 is 23.8 Å². The Hall–Kier alpha value is -1.39. The quantitative estimate of drug-likeness (QED) is 0.421. The van der Waals surface area contributed by atoms with E-state index in [1.165, 1.54) is 6.92 Å². The number of hydrogen-bond acceptors (Lipinski definition) is 3. The van der Waals surface area contributed by atoms with Crippen LogP contribution in [0.2, 0.25) is 0 Å². The number of imide groups is 1. The smallest absolute Gasteiger partial charge is 0.326 e. The Bertz CT molecular complexity index is 221. The fourth-order valence-electron chi connectivity index (χ4n) is 0.890. The Balaban J connectivity index is 2.67. The molecule has 0 aromatic rings. The molecule has 11 heavy (non-hydrogen) atoms. The molecule has 0 radical (unpaired) electrons. The van der Waals surface area contributed by atoms with Crippen LogP contribution in [0.3, 0.4) is 0 Å². The zero-order valence-electron chi connectivity index (χ0n) is 5.90. The van der Waals surface area contributed by atoms with Crippen molar-refractivity contribution < 1.29 is 19.5 Å². The van der Waals surface area contributed by atoms with Crippen LogP contribution in [0.25, 0.3) is 0 Å². The Morgan fingerprint density at radius 3 is 2.18 bits per heavy atom. The summed E-state index contributed by atoms with van der Waals surface area (Å²) in [6, 6.07) is -1.02. The molecule has 1 unspecified atom stereocenters. The average molecular weight is 157 g/mol. The second kappa shape index (κ2) is 2.34. The molecule has 1 aliphatic heterocycles. The summed E-state index contributed by atoms with van der Waals surface area (Å²) in [4.78, 5) is 32.3. The second-order valence-corrected chi connectivity index (χ2v) is 2.35. The van der Waals surface area contributed by atoms with Crippen LogP contribution >= 0.6 is 0 Å². The molecule has 1 fully saturated rings. The molecule has 2 amide bonds. The first-order valence-electron chi connectivity index (χ1n) is 3.11. The Morgan fingerprint density at radius 1 is 1.55 bits per heavy atom. The fourth-order valence-corrected chi connectivity index (χ4v) is 0.890. The predicted octanol–water partition coefficient (Wildman–Crippen LogP) is -0.782. The van der Waals surface area contributed by atoms with Gasteiger partial charge in [-0.15, -0.1) is 0 Å². The zero-order valence-corrected chi connectivity index (χ0v) is 5.90. The summed E-state index contributed by atoms with van der Waals surface area (Å²) < 4.78 is 0. The highest BCUT2D eigenvalue weighted by molar-refractivity contribution is 6.16. The summed E-state index contributed by atoms with van der Waals surface area (Å²) in [5.41, 5.74) is 0. The number of carbonyl (C=O) groups is 3. The highest BCUT2D eigenvalue weighted by Crippen LogP contribution is 2.14. The second-order valence-electron chi connectivity index (χ2n) is 2.35. The lowest BCUT2D eigenvalue weighted by molar-refractivity contribution is -0.167. The van der Waals surface area contributed by atoms with Crippen molar-refractivity contribution in [3.05, 3.63) is 0 Å². The minimum atomic E-state index is -1.16. The Kier molecular flexibility index (Phi) is 1.64. The van der Waals surface area contributed by atoms with E-state index in [0.717, 1.165) is 4.90 Å². The summed E-state index contributed by atoms with van der Waals surface area (Å²) >= 11 is 0. The highest BCUT2D eigenvalue weighted by atomic mass is 16.4. The molecule has 60 valence electrons. The Morgan fingerprint density at radius 2 is 2.00 bits per heavy atom. The van der Waals surface area contributed by atoms with Crippen molar-refractivity contribution in [3.63, 3.8) is 0 Å². The maximum atomic E-state index is 10.6. The van der Waals surface area contributed by atoms with Gasteiger partial charge in [0.25, 0.3) is 0 Å². The summed E-state index contributed by atoms with van der Waals surface area (Å²) in [5.74, 6) is -1.98. The predicted molar refractivity (Wildman–Crippen MR) is 33.6 cm³/mol. The molecule has 0 aliphatic carbocycles. The fraction of sp³-hybridized carbons (Fsp3) is 0.500. The molecule has 1 atom stereocenters. The van der Waals surface area contributed by atoms with Crippen LogP contribution in [0.1, 0.15) is 13.3 Å². The summed E-state index contributed by atoms with van der Waals surface area (Å²) in [6.07, 6.45) is -0.155. The molecular weight excluding hydrogens is 150 g/mol. The number of amides is 2. The van der Waals surface area contributed by atoms with E-state index in [1.807, 2.05) is 0 Å². The lowest BCUT2D eigenvalue weighted by atomic mass is 10.1. The van der Waals surface area contributed by atoms with Gasteiger partial charge in [-0.2, -0.15) is 0 Å². The maximum absolute atomic E-state index is 10.6. The van der Waals surface area contributed by atoms with E-state index in [2.05, 4.69) is 0 Å². The summed E-state index contributed by atoms with van der Waals surface area (Å²) in [6.45, 7) is 1.30.